The molecule has 0 unspecified atom stereocenters. The molecule has 0 aliphatic heterocycles. The quantitative estimate of drug-likeness (QED) is 0.607. The van der Waals surface area contributed by atoms with Crippen molar-refractivity contribution in [1.82, 2.24) is 10.3 Å². The summed E-state index contributed by atoms with van der Waals surface area (Å²) in [5.41, 5.74) is 2.19. The molecule has 0 radical (unpaired) electrons. The first kappa shape index (κ1) is 12.1. The number of carbonyl (C=O) groups is 2. The van der Waals surface area contributed by atoms with E-state index >= 15 is 0 Å². The fourth-order valence-corrected chi connectivity index (χ4v) is 1.49. The first-order chi connectivity index (χ1) is 7.60. The Hall–Kier alpha value is -1.97. The van der Waals surface area contributed by atoms with Crippen LogP contribution in [-0.2, 0) is 9.59 Å². The summed E-state index contributed by atoms with van der Waals surface area (Å²) in [7, 11) is 1.61. The number of aryl methyl sites for hydroxylation is 1. The Morgan fingerprint density at radius 2 is 2.19 bits per heavy atom. The van der Waals surface area contributed by atoms with Gasteiger partial charge < -0.3 is 5.32 Å². The van der Waals surface area contributed by atoms with Crippen molar-refractivity contribution in [2.75, 3.05) is 7.05 Å². The van der Waals surface area contributed by atoms with Gasteiger partial charge in [-0.3, -0.25) is 14.6 Å². The number of Topliss-reactive ketones (excluding diaryl/α,β-unsaturated/α-hetero) is 1. The van der Waals surface area contributed by atoms with Crippen molar-refractivity contribution in [3.63, 3.8) is 0 Å². The molecule has 4 nitrogen and oxygen atoms in total. The van der Waals surface area contributed by atoms with E-state index in [1.165, 1.54) is 6.92 Å². The minimum Gasteiger partial charge on any atom is -0.385 e. The summed E-state index contributed by atoms with van der Waals surface area (Å²) >= 11 is 0. The van der Waals surface area contributed by atoms with Crippen LogP contribution in [0.1, 0.15) is 18.2 Å². The number of aromatic nitrogens is 1. The molecule has 1 rings (SSSR count). The maximum Gasteiger partial charge on any atom is 0.166 e. The zero-order valence-corrected chi connectivity index (χ0v) is 9.57. The Balaban J connectivity index is 3.39. The molecule has 1 N–H and O–H groups in total. The Bertz CT molecular complexity index is 450. The number of hydrogen-bond acceptors (Lipinski definition) is 4. The first-order valence-electron chi connectivity index (χ1n) is 4.91. The van der Waals surface area contributed by atoms with Crippen LogP contribution >= 0.6 is 0 Å². The van der Waals surface area contributed by atoms with E-state index in [0.717, 1.165) is 5.69 Å². The molecule has 0 saturated carbocycles. The highest BCUT2D eigenvalue weighted by Gasteiger charge is 2.13. The van der Waals surface area contributed by atoms with Crippen LogP contribution in [0.4, 0.5) is 0 Å². The molecular weight excluding hydrogens is 204 g/mol. The van der Waals surface area contributed by atoms with Gasteiger partial charge in [-0.15, -0.1) is 0 Å². The average Bonchev–Trinajstić information content (AvgIpc) is 2.24. The highest BCUT2D eigenvalue weighted by Crippen LogP contribution is 2.18. The van der Waals surface area contributed by atoms with Crippen LogP contribution in [0.15, 0.2) is 24.0 Å². The standard InChI is InChI=1S/C12H14N2O2/c1-8-6-10(4-5-14-8)12(9(2)16)11(7-15)13-3/h4-7,13H,1-3H3/b12-11-. The van der Waals surface area contributed by atoms with Crippen LogP contribution in [-0.4, -0.2) is 24.1 Å². The molecule has 16 heavy (non-hydrogen) atoms. The summed E-state index contributed by atoms with van der Waals surface area (Å²) in [4.78, 5) is 26.4. The van der Waals surface area contributed by atoms with Crippen molar-refractivity contribution < 1.29 is 9.59 Å². The average molecular weight is 218 g/mol. The zero-order chi connectivity index (χ0) is 12.1. The van der Waals surface area contributed by atoms with Crippen molar-refractivity contribution in [2.24, 2.45) is 0 Å². The van der Waals surface area contributed by atoms with E-state index in [2.05, 4.69) is 10.3 Å². The zero-order valence-electron chi connectivity index (χ0n) is 9.57. The van der Waals surface area contributed by atoms with Gasteiger partial charge in [0.05, 0.1) is 11.3 Å². The number of carbonyl (C=O) groups excluding carboxylic acids is 2. The summed E-state index contributed by atoms with van der Waals surface area (Å²) in [6.07, 6.45) is 2.26. The molecule has 0 saturated heterocycles. The minimum atomic E-state index is -0.151. The van der Waals surface area contributed by atoms with E-state index in [1.54, 1.807) is 25.4 Å². The van der Waals surface area contributed by atoms with Crippen molar-refractivity contribution in [1.29, 1.82) is 0 Å². The molecule has 0 aromatic carbocycles. The maximum absolute atomic E-state index is 11.5. The lowest BCUT2D eigenvalue weighted by atomic mass is 10.0. The first-order valence-corrected chi connectivity index (χ1v) is 4.91. The van der Waals surface area contributed by atoms with Crippen LogP contribution in [0, 0.1) is 6.92 Å². The van der Waals surface area contributed by atoms with Gasteiger partial charge in [0.15, 0.2) is 12.1 Å². The van der Waals surface area contributed by atoms with E-state index in [4.69, 9.17) is 0 Å². The van der Waals surface area contributed by atoms with Gasteiger partial charge in [0.2, 0.25) is 0 Å². The lowest BCUT2D eigenvalue weighted by molar-refractivity contribution is -0.112. The fourth-order valence-electron chi connectivity index (χ4n) is 1.49. The van der Waals surface area contributed by atoms with E-state index in [-0.39, 0.29) is 11.5 Å². The molecule has 0 aliphatic rings. The fraction of sp³-hybridized carbons (Fsp3) is 0.250. The summed E-state index contributed by atoms with van der Waals surface area (Å²) in [6, 6.07) is 3.49. The number of allylic oxidation sites excluding steroid dienone is 2. The minimum absolute atomic E-state index is 0.151. The number of pyridine rings is 1. The topological polar surface area (TPSA) is 59.1 Å². The monoisotopic (exact) mass is 218 g/mol. The lowest BCUT2D eigenvalue weighted by Gasteiger charge is -2.08. The van der Waals surface area contributed by atoms with E-state index in [1.807, 2.05) is 6.92 Å². The Morgan fingerprint density at radius 3 is 2.62 bits per heavy atom. The van der Waals surface area contributed by atoms with E-state index < -0.39 is 0 Å². The molecular formula is C12H14N2O2. The summed E-state index contributed by atoms with van der Waals surface area (Å²) in [6.45, 7) is 3.27. The molecule has 1 aromatic heterocycles. The van der Waals surface area contributed by atoms with Gasteiger partial charge in [-0.25, -0.2) is 0 Å². The number of ketones is 1. The Labute approximate surface area is 94.4 Å². The van der Waals surface area contributed by atoms with E-state index in [9.17, 15) is 9.59 Å². The SMILES string of the molecule is CN/C(C=O)=C(/C(C)=O)c1ccnc(C)c1. The molecule has 0 atom stereocenters. The van der Waals surface area contributed by atoms with Crippen LogP contribution in [0.25, 0.3) is 5.57 Å². The maximum atomic E-state index is 11.5. The number of hydrogen-bond donors (Lipinski definition) is 1. The van der Waals surface area contributed by atoms with Gasteiger partial charge in [-0.1, -0.05) is 0 Å². The molecule has 0 amide bonds. The molecule has 1 aromatic rings. The highest BCUT2D eigenvalue weighted by molar-refractivity contribution is 6.23. The van der Waals surface area contributed by atoms with Gasteiger partial charge in [0, 0.05) is 18.9 Å². The molecule has 0 fully saturated rings. The third-order valence-electron chi connectivity index (χ3n) is 2.19. The van der Waals surface area contributed by atoms with Crippen LogP contribution in [0.5, 0.6) is 0 Å². The molecule has 1 heterocycles. The highest BCUT2D eigenvalue weighted by atomic mass is 16.1. The van der Waals surface area contributed by atoms with E-state index in [0.29, 0.717) is 17.4 Å². The largest absolute Gasteiger partial charge is 0.385 e. The van der Waals surface area contributed by atoms with Crippen LogP contribution in [0.2, 0.25) is 0 Å². The third kappa shape index (κ3) is 2.53. The van der Waals surface area contributed by atoms with Crippen LogP contribution < -0.4 is 5.32 Å². The van der Waals surface area contributed by atoms with Gasteiger partial charge in [-0.05, 0) is 31.5 Å². The van der Waals surface area contributed by atoms with Crippen molar-refractivity contribution in [2.45, 2.75) is 13.8 Å². The predicted molar refractivity (Wildman–Crippen MR) is 61.7 cm³/mol. The van der Waals surface area contributed by atoms with Crippen molar-refractivity contribution >= 4 is 17.6 Å². The smallest absolute Gasteiger partial charge is 0.166 e. The van der Waals surface area contributed by atoms with Crippen molar-refractivity contribution in [3.8, 4) is 0 Å². The second kappa shape index (κ2) is 5.21. The normalized spacial score (nSPS) is 11.7. The number of nitrogens with zero attached hydrogens (tertiary/aromatic N) is 1. The Morgan fingerprint density at radius 1 is 1.50 bits per heavy atom. The summed E-state index contributed by atoms with van der Waals surface area (Å²) in [5.74, 6) is -0.151. The third-order valence-corrected chi connectivity index (χ3v) is 2.19. The van der Waals surface area contributed by atoms with Gasteiger partial charge in [0.1, 0.15) is 0 Å². The summed E-state index contributed by atoms with van der Waals surface area (Å²) < 4.78 is 0. The predicted octanol–water partition coefficient (Wildman–Crippen LogP) is 1.11. The van der Waals surface area contributed by atoms with Crippen LogP contribution in [0.3, 0.4) is 0 Å². The second-order valence-electron chi connectivity index (χ2n) is 3.40. The molecule has 0 bridgehead atoms. The number of rotatable bonds is 4. The second-order valence-corrected chi connectivity index (χ2v) is 3.40. The summed E-state index contributed by atoms with van der Waals surface area (Å²) in [5, 5.41) is 2.72. The Kier molecular flexibility index (Phi) is 3.94. The lowest BCUT2D eigenvalue weighted by Crippen LogP contribution is -2.13. The molecule has 0 spiro atoms. The number of nitrogens with one attached hydrogen (secondary N) is 1. The number of aldehydes is 1. The van der Waals surface area contributed by atoms with Gasteiger partial charge in [-0.2, -0.15) is 0 Å². The van der Waals surface area contributed by atoms with Gasteiger partial charge >= 0.3 is 0 Å². The molecule has 0 aliphatic carbocycles. The van der Waals surface area contributed by atoms with Crippen molar-refractivity contribution in [3.05, 3.63) is 35.3 Å². The molecule has 84 valence electrons. The van der Waals surface area contributed by atoms with Gasteiger partial charge in [0.25, 0.3) is 0 Å². The number of likely N-dealkylation sites (N-methyl/N-ethyl adjacent to an activating group) is 1. The molecule has 4 heteroatoms.